The zero-order valence-corrected chi connectivity index (χ0v) is 10.9. The Hall–Kier alpha value is -1.23. The first-order valence-corrected chi connectivity index (χ1v) is 6.12. The van der Waals surface area contributed by atoms with E-state index in [4.69, 9.17) is 4.84 Å². The van der Waals surface area contributed by atoms with Gasteiger partial charge in [-0.25, -0.2) is 0 Å². The summed E-state index contributed by atoms with van der Waals surface area (Å²) in [4.78, 5) is 9.45. The number of hydroxylamine groups is 1. The Morgan fingerprint density at radius 1 is 1.12 bits per heavy atom. The quantitative estimate of drug-likeness (QED) is 0.679. The lowest BCUT2D eigenvalue weighted by molar-refractivity contribution is 0.0234. The zero-order chi connectivity index (χ0) is 11.9. The van der Waals surface area contributed by atoms with Gasteiger partial charge in [-0.3, -0.25) is 9.82 Å². The molecular weight excluding hydrogens is 280 g/mol. The highest BCUT2D eigenvalue weighted by atomic mass is 79.9. The van der Waals surface area contributed by atoms with Crippen molar-refractivity contribution in [3.63, 3.8) is 0 Å². The van der Waals surface area contributed by atoms with E-state index in [1.807, 2.05) is 42.6 Å². The number of pyridine rings is 1. The van der Waals surface area contributed by atoms with Crippen LogP contribution in [0.15, 0.2) is 53.3 Å². The molecule has 1 aromatic carbocycles. The van der Waals surface area contributed by atoms with Crippen molar-refractivity contribution in [3.8, 4) is 0 Å². The van der Waals surface area contributed by atoms with Gasteiger partial charge in [-0.1, -0.05) is 30.3 Å². The lowest BCUT2D eigenvalue weighted by Crippen LogP contribution is -2.13. The van der Waals surface area contributed by atoms with Gasteiger partial charge < -0.3 is 0 Å². The average molecular weight is 293 g/mol. The van der Waals surface area contributed by atoms with E-state index in [1.54, 1.807) is 6.20 Å². The van der Waals surface area contributed by atoms with Crippen LogP contribution >= 0.6 is 15.9 Å². The first-order chi connectivity index (χ1) is 8.34. The van der Waals surface area contributed by atoms with E-state index in [1.165, 1.54) is 0 Å². The summed E-state index contributed by atoms with van der Waals surface area (Å²) in [6, 6.07) is 12.1. The number of rotatable bonds is 5. The van der Waals surface area contributed by atoms with Crippen molar-refractivity contribution in [1.82, 2.24) is 10.5 Å². The Balaban J connectivity index is 1.73. The zero-order valence-electron chi connectivity index (χ0n) is 9.27. The van der Waals surface area contributed by atoms with Gasteiger partial charge in [0, 0.05) is 23.4 Å². The Bertz CT molecular complexity index is 462. The highest BCUT2D eigenvalue weighted by Crippen LogP contribution is 2.09. The molecule has 0 aliphatic carbocycles. The standard InChI is InChI=1S/C13H13BrN2O/c14-13-6-12(7-15-9-13)8-16-17-10-11-4-2-1-3-5-11/h1-7,9,16H,8,10H2. The predicted octanol–water partition coefficient (Wildman–Crippen LogP) is 3.07. The van der Waals surface area contributed by atoms with Crippen LogP contribution in [-0.2, 0) is 18.0 Å². The van der Waals surface area contributed by atoms with Crippen molar-refractivity contribution in [2.75, 3.05) is 0 Å². The summed E-state index contributed by atoms with van der Waals surface area (Å²) in [6.45, 7) is 1.20. The molecule has 3 nitrogen and oxygen atoms in total. The highest BCUT2D eigenvalue weighted by Gasteiger charge is 1.95. The SMILES string of the molecule is Brc1cncc(CNOCc2ccccc2)c1. The molecule has 0 unspecified atom stereocenters. The Morgan fingerprint density at radius 2 is 1.94 bits per heavy atom. The smallest absolute Gasteiger partial charge is 0.0933 e. The first kappa shape index (κ1) is 12.2. The van der Waals surface area contributed by atoms with Crippen LogP contribution in [0.4, 0.5) is 0 Å². The van der Waals surface area contributed by atoms with Crippen LogP contribution in [-0.4, -0.2) is 4.98 Å². The van der Waals surface area contributed by atoms with E-state index < -0.39 is 0 Å². The largest absolute Gasteiger partial charge is 0.297 e. The third kappa shape index (κ3) is 4.26. The summed E-state index contributed by atoms with van der Waals surface area (Å²) in [5, 5.41) is 0. The van der Waals surface area contributed by atoms with Crippen molar-refractivity contribution >= 4 is 15.9 Å². The monoisotopic (exact) mass is 292 g/mol. The van der Waals surface area contributed by atoms with Crippen molar-refractivity contribution < 1.29 is 4.84 Å². The lowest BCUT2D eigenvalue weighted by atomic mass is 10.2. The van der Waals surface area contributed by atoms with Gasteiger partial charge in [0.2, 0.25) is 0 Å². The van der Waals surface area contributed by atoms with Gasteiger partial charge in [0.05, 0.1) is 6.61 Å². The van der Waals surface area contributed by atoms with E-state index in [0.717, 1.165) is 15.6 Å². The van der Waals surface area contributed by atoms with Gasteiger partial charge in [-0.15, -0.1) is 0 Å². The minimum atomic E-state index is 0.558. The topological polar surface area (TPSA) is 34.2 Å². The van der Waals surface area contributed by atoms with Crippen molar-refractivity contribution in [2.24, 2.45) is 0 Å². The minimum absolute atomic E-state index is 0.558. The molecular formula is C13H13BrN2O. The van der Waals surface area contributed by atoms with Crippen molar-refractivity contribution in [3.05, 3.63) is 64.4 Å². The number of hydrogen-bond donors (Lipinski definition) is 1. The first-order valence-electron chi connectivity index (χ1n) is 5.32. The van der Waals surface area contributed by atoms with E-state index in [-0.39, 0.29) is 0 Å². The summed E-state index contributed by atoms with van der Waals surface area (Å²) < 4.78 is 0.972. The van der Waals surface area contributed by atoms with Gasteiger partial charge in [-0.2, -0.15) is 5.48 Å². The van der Waals surface area contributed by atoms with Crippen molar-refractivity contribution in [2.45, 2.75) is 13.2 Å². The Labute approximate surface area is 109 Å². The number of hydrogen-bond acceptors (Lipinski definition) is 3. The second-order valence-corrected chi connectivity index (χ2v) is 4.52. The molecule has 0 fully saturated rings. The van der Waals surface area contributed by atoms with Crippen LogP contribution in [0.3, 0.4) is 0 Å². The summed E-state index contributed by atoms with van der Waals surface area (Å²) in [6.07, 6.45) is 3.57. The van der Waals surface area contributed by atoms with Crippen LogP contribution in [0.5, 0.6) is 0 Å². The molecule has 88 valence electrons. The molecule has 1 N–H and O–H groups in total. The predicted molar refractivity (Wildman–Crippen MR) is 70.0 cm³/mol. The lowest BCUT2D eigenvalue weighted by Gasteiger charge is -2.06. The fourth-order valence-corrected chi connectivity index (χ4v) is 1.81. The number of aromatic nitrogens is 1. The number of nitrogens with one attached hydrogen (secondary N) is 1. The summed E-state index contributed by atoms with van der Waals surface area (Å²) in [7, 11) is 0. The number of benzene rings is 1. The van der Waals surface area contributed by atoms with Crippen LogP contribution in [0, 0.1) is 0 Å². The number of nitrogens with zero attached hydrogens (tertiary/aromatic N) is 1. The molecule has 0 saturated heterocycles. The molecule has 1 aromatic heterocycles. The van der Waals surface area contributed by atoms with Gasteiger partial charge in [-0.05, 0) is 33.1 Å². The van der Waals surface area contributed by atoms with Crippen LogP contribution < -0.4 is 5.48 Å². The fourth-order valence-electron chi connectivity index (χ4n) is 1.40. The molecule has 0 bridgehead atoms. The molecule has 1 heterocycles. The molecule has 2 aromatic rings. The van der Waals surface area contributed by atoms with Gasteiger partial charge in [0.1, 0.15) is 0 Å². The van der Waals surface area contributed by atoms with E-state index >= 15 is 0 Å². The molecule has 0 amide bonds. The third-order valence-electron chi connectivity index (χ3n) is 2.22. The van der Waals surface area contributed by atoms with Gasteiger partial charge in [0.25, 0.3) is 0 Å². The molecule has 0 spiro atoms. The van der Waals surface area contributed by atoms with Crippen LogP contribution in [0.2, 0.25) is 0 Å². The molecule has 0 atom stereocenters. The Kier molecular flexibility index (Phi) is 4.67. The average Bonchev–Trinajstić information content (AvgIpc) is 2.36. The van der Waals surface area contributed by atoms with Gasteiger partial charge >= 0.3 is 0 Å². The van der Waals surface area contributed by atoms with Crippen LogP contribution in [0.1, 0.15) is 11.1 Å². The molecule has 0 aliphatic heterocycles. The summed E-state index contributed by atoms with van der Waals surface area (Å²) >= 11 is 3.38. The maximum absolute atomic E-state index is 5.37. The molecule has 0 aliphatic rings. The third-order valence-corrected chi connectivity index (χ3v) is 2.66. The highest BCUT2D eigenvalue weighted by molar-refractivity contribution is 9.10. The normalized spacial score (nSPS) is 10.4. The fraction of sp³-hybridized carbons (Fsp3) is 0.154. The minimum Gasteiger partial charge on any atom is -0.297 e. The van der Waals surface area contributed by atoms with Crippen molar-refractivity contribution in [1.29, 1.82) is 0 Å². The van der Waals surface area contributed by atoms with E-state index in [9.17, 15) is 0 Å². The van der Waals surface area contributed by atoms with Gasteiger partial charge in [0.15, 0.2) is 0 Å². The van der Waals surface area contributed by atoms with Crippen LogP contribution in [0.25, 0.3) is 0 Å². The maximum Gasteiger partial charge on any atom is 0.0933 e. The summed E-state index contributed by atoms with van der Waals surface area (Å²) in [5.41, 5.74) is 5.14. The molecule has 0 radical (unpaired) electrons. The second kappa shape index (κ2) is 6.49. The number of halogens is 1. The Morgan fingerprint density at radius 3 is 2.71 bits per heavy atom. The molecule has 0 saturated carbocycles. The summed E-state index contributed by atoms with van der Waals surface area (Å²) in [5.74, 6) is 0. The van der Waals surface area contributed by atoms with E-state index in [2.05, 4.69) is 26.4 Å². The van der Waals surface area contributed by atoms with E-state index in [0.29, 0.717) is 13.2 Å². The molecule has 17 heavy (non-hydrogen) atoms. The molecule has 4 heteroatoms. The molecule has 2 rings (SSSR count). The maximum atomic E-state index is 5.37. The second-order valence-electron chi connectivity index (χ2n) is 3.61.